The van der Waals surface area contributed by atoms with Crippen LogP contribution in [-0.4, -0.2) is 26.9 Å². The molecule has 0 radical (unpaired) electrons. The number of aromatic nitrogens is 4. The van der Waals surface area contributed by atoms with Crippen molar-refractivity contribution in [1.82, 2.24) is 19.7 Å². The monoisotopic (exact) mass is 205 g/mol. The molecule has 2 rings (SSSR count). The zero-order chi connectivity index (χ0) is 10.8. The van der Waals surface area contributed by atoms with E-state index < -0.39 is 0 Å². The van der Waals surface area contributed by atoms with Gasteiger partial charge in [0.15, 0.2) is 5.82 Å². The van der Waals surface area contributed by atoms with Crippen LogP contribution in [0.15, 0.2) is 18.3 Å². The number of hydrogen-bond donors (Lipinski definition) is 1. The Kier molecular flexibility index (Phi) is 2.24. The summed E-state index contributed by atoms with van der Waals surface area (Å²) in [6.07, 6.45) is 1.62. The van der Waals surface area contributed by atoms with E-state index in [0.717, 1.165) is 0 Å². The maximum atomic E-state index is 5.66. The van der Waals surface area contributed by atoms with Gasteiger partial charge < -0.3 is 10.5 Å². The third-order valence-corrected chi connectivity index (χ3v) is 1.98. The highest BCUT2D eigenvalue weighted by Crippen LogP contribution is 2.17. The van der Waals surface area contributed by atoms with Crippen LogP contribution in [-0.2, 0) is 7.05 Å². The van der Waals surface area contributed by atoms with Gasteiger partial charge in [-0.25, -0.2) is 4.98 Å². The van der Waals surface area contributed by atoms with E-state index in [2.05, 4.69) is 15.1 Å². The fraction of sp³-hybridized carbons (Fsp3) is 0.222. The average molecular weight is 205 g/mol. The van der Waals surface area contributed by atoms with Crippen molar-refractivity contribution in [2.75, 3.05) is 12.8 Å². The molecule has 0 aromatic carbocycles. The van der Waals surface area contributed by atoms with Crippen molar-refractivity contribution in [3.8, 4) is 17.4 Å². The Labute approximate surface area is 86.7 Å². The molecule has 0 unspecified atom stereocenters. The lowest BCUT2D eigenvalue weighted by Gasteiger charge is -1.98. The molecule has 2 aromatic rings. The minimum atomic E-state index is 0.502. The Balaban J connectivity index is 2.44. The van der Waals surface area contributed by atoms with E-state index in [-0.39, 0.29) is 0 Å². The highest BCUT2D eigenvalue weighted by molar-refractivity contribution is 5.54. The summed E-state index contributed by atoms with van der Waals surface area (Å²) in [5.74, 6) is 1.57. The molecule has 78 valence electrons. The van der Waals surface area contributed by atoms with Crippen LogP contribution < -0.4 is 10.5 Å². The summed E-state index contributed by atoms with van der Waals surface area (Å²) in [6.45, 7) is 0. The maximum Gasteiger partial charge on any atom is 0.216 e. The van der Waals surface area contributed by atoms with E-state index in [9.17, 15) is 0 Å². The first kappa shape index (κ1) is 9.45. The molecule has 0 atom stereocenters. The topological polar surface area (TPSA) is 78.9 Å². The van der Waals surface area contributed by atoms with Crippen molar-refractivity contribution >= 4 is 5.82 Å². The van der Waals surface area contributed by atoms with Crippen molar-refractivity contribution in [1.29, 1.82) is 0 Å². The number of anilines is 1. The molecule has 0 aliphatic rings. The molecular formula is C9H11N5O. The van der Waals surface area contributed by atoms with Crippen molar-refractivity contribution < 1.29 is 4.74 Å². The summed E-state index contributed by atoms with van der Waals surface area (Å²) in [7, 11) is 3.32. The maximum absolute atomic E-state index is 5.66. The molecule has 2 N–H and O–H groups in total. The molecule has 6 nitrogen and oxygen atoms in total. The van der Waals surface area contributed by atoms with Gasteiger partial charge >= 0.3 is 0 Å². The molecule has 2 aromatic heterocycles. The smallest absolute Gasteiger partial charge is 0.216 e. The first-order chi connectivity index (χ1) is 7.20. The summed E-state index contributed by atoms with van der Waals surface area (Å²) >= 11 is 0. The highest BCUT2D eigenvalue weighted by Gasteiger charge is 2.08. The molecule has 6 heteroatoms. The molecule has 15 heavy (non-hydrogen) atoms. The van der Waals surface area contributed by atoms with Gasteiger partial charge in [0.1, 0.15) is 11.5 Å². The summed E-state index contributed by atoms with van der Waals surface area (Å²) in [5, 5.41) is 4.17. The van der Waals surface area contributed by atoms with Gasteiger partial charge in [-0.2, -0.15) is 10.1 Å². The molecule has 0 bridgehead atoms. The SMILES string of the molecule is COc1ccnc(-c2cc(N)n(C)n2)n1. The lowest BCUT2D eigenvalue weighted by Crippen LogP contribution is -1.97. The molecule has 0 amide bonds. The Morgan fingerprint density at radius 3 is 2.87 bits per heavy atom. The quantitative estimate of drug-likeness (QED) is 0.770. The second kappa shape index (κ2) is 3.56. The Morgan fingerprint density at radius 2 is 2.27 bits per heavy atom. The number of ether oxygens (including phenoxy) is 1. The van der Waals surface area contributed by atoms with Crippen LogP contribution in [0, 0.1) is 0 Å². The van der Waals surface area contributed by atoms with Gasteiger partial charge in [0.2, 0.25) is 5.88 Å². The molecule has 0 saturated heterocycles. The first-order valence-electron chi connectivity index (χ1n) is 4.37. The number of nitrogens with zero attached hydrogens (tertiary/aromatic N) is 4. The molecule has 0 aliphatic carbocycles. The van der Waals surface area contributed by atoms with Crippen LogP contribution in [0.25, 0.3) is 11.5 Å². The number of hydrogen-bond acceptors (Lipinski definition) is 5. The van der Waals surface area contributed by atoms with E-state index in [0.29, 0.717) is 23.2 Å². The van der Waals surface area contributed by atoms with Gasteiger partial charge in [-0.1, -0.05) is 0 Å². The predicted octanol–water partition coefficient (Wildman–Crippen LogP) is 0.468. The number of aryl methyl sites for hydroxylation is 1. The molecule has 0 saturated carbocycles. The Bertz CT molecular complexity index is 460. The molecule has 0 spiro atoms. The first-order valence-corrected chi connectivity index (χ1v) is 4.37. The summed E-state index contributed by atoms with van der Waals surface area (Å²) < 4.78 is 6.56. The third kappa shape index (κ3) is 1.74. The van der Waals surface area contributed by atoms with E-state index in [1.807, 2.05) is 0 Å². The van der Waals surface area contributed by atoms with Crippen molar-refractivity contribution in [2.24, 2.45) is 7.05 Å². The van der Waals surface area contributed by atoms with Crippen LogP contribution in [0.5, 0.6) is 5.88 Å². The van der Waals surface area contributed by atoms with Gasteiger partial charge in [0.05, 0.1) is 7.11 Å². The van der Waals surface area contributed by atoms with Gasteiger partial charge in [-0.3, -0.25) is 4.68 Å². The van der Waals surface area contributed by atoms with Crippen molar-refractivity contribution in [3.05, 3.63) is 18.3 Å². The van der Waals surface area contributed by atoms with Crippen LogP contribution >= 0.6 is 0 Å². The van der Waals surface area contributed by atoms with E-state index in [1.165, 1.54) is 0 Å². The Hall–Kier alpha value is -2.11. The average Bonchev–Trinajstić information content (AvgIpc) is 2.59. The van der Waals surface area contributed by atoms with Crippen molar-refractivity contribution in [2.45, 2.75) is 0 Å². The van der Waals surface area contributed by atoms with E-state index in [4.69, 9.17) is 10.5 Å². The minimum Gasteiger partial charge on any atom is -0.481 e. The number of rotatable bonds is 2. The summed E-state index contributed by atoms with van der Waals surface area (Å²) in [6, 6.07) is 3.39. The van der Waals surface area contributed by atoms with Crippen molar-refractivity contribution in [3.63, 3.8) is 0 Å². The summed E-state index contributed by atoms with van der Waals surface area (Å²) in [4.78, 5) is 8.24. The second-order valence-electron chi connectivity index (χ2n) is 3.00. The van der Waals surface area contributed by atoms with Crippen LogP contribution in [0.2, 0.25) is 0 Å². The van der Waals surface area contributed by atoms with Crippen LogP contribution in [0.3, 0.4) is 0 Å². The van der Waals surface area contributed by atoms with E-state index in [1.54, 1.807) is 37.2 Å². The van der Waals surface area contributed by atoms with Gasteiger partial charge in [-0.05, 0) is 0 Å². The zero-order valence-corrected chi connectivity index (χ0v) is 8.51. The zero-order valence-electron chi connectivity index (χ0n) is 8.51. The largest absolute Gasteiger partial charge is 0.481 e. The fourth-order valence-corrected chi connectivity index (χ4v) is 1.17. The number of nitrogen functional groups attached to an aromatic ring is 1. The van der Waals surface area contributed by atoms with Gasteiger partial charge in [-0.15, -0.1) is 0 Å². The van der Waals surface area contributed by atoms with Gasteiger partial charge in [0, 0.05) is 25.4 Å². The number of methoxy groups -OCH3 is 1. The minimum absolute atomic E-state index is 0.502. The molecular weight excluding hydrogens is 194 g/mol. The van der Waals surface area contributed by atoms with Crippen LogP contribution in [0.1, 0.15) is 0 Å². The summed E-state index contributed by atoms with van der Waals surface area (Å²) in [5.41, 5.74) is 6.30. The van der Waals surface area contributed by atoms with Gasteiger partial charge in [0.25, 0.3) is 0 Å². The predicted molar refractivity (Wildman–Crippen MR) is 55.2 cm³/mol. The molecule has 2 heterocycles. The normalized spacial score (nSPS) is 10.3. The second-order valence-corrected chi connectivity index (χ2v) is 3.00. The highest BCUT2D eigenvalue weighted by atomic mass is 16.5. The molecule has 0 aliphatic heterocycles. The third-order valence-electron chi connectivity index (χ3n) is 1.98. The Morgan fingerprint density at radius 1 is 1.47 bits per heavy atom. The van der Waals surface area contributed by atoms with E-state index >= 15 is 0 Å². The lowest BCUT2D eigenvalue weighted by molar-refractivity contribution is 0.397. The lowest BCUT2D eigenvalue weighted by atomic mass is 10.4. The fourth-order valence-electron chi connectivity index (χ4n) is 1.17. The van der Waals surface area contributed by atoms with Crippen LogP contribution in [0.4, 0.5) is 5.82 Å². The molecule has 0 fully saturated rings. The number of nitrogens with two attached hydrogens (primary N) is 1. The standard InChI is InChI=1S/C9H11N5O/c1-14-7(10)5-6(13-14)9-11-4-3-8(12-9)15-2/h3-5H,10H2,1-2H3.